The van der Waals surface area contributed by atoms with Gasteiger partial charge in [0.1, 0.15) is 6.04 Å². The van der Waals surface area contributed by atoms with E-state index in [9.17, 15) is 9.59 Å². The van der Waals surface area contributed by atoms with Crippen molar-refractivity contribution in [2.75, 3.05) is 26.8 Å². The quantitative estimate of drug-likeness (QED) is 0.684. The molecule has 0 aromatic carbocycles. The van der Waals surface area contributed by atoms with Gasteiger partial charge in [0.15, 0.2) is 0 Å². The number of rotatable bonds is 4. The molecule has 1 heterocycles. The van der Waals surface area contributed by atoms with Crippen molar-refractivity contribution >= 4 is 11.9 Å². The zero-order valence-electron chi connectivity index (χ0n) is 10.8. The van der Waals surface area contributed by atoms with Crippen molar-refractivity contribution in [1.29, 1.82) is 0 Å². The summed E-state index contributed by atoms with van der Waals surface area (Å²) in [5.74, 6) is -0.528. The van der Waals surface area contributed by atoms with Crippen LogP contribution in [0.15, 0.2) is 0 Å². The van der Waals surface area contributed by atoms with E-state index in [1.54, 1.807) is 13.8 Å². The molecule has 0 aromatic rings. The van der Waals surface area contributed by atoms with E-state index in [1.807, 2.05) is 4.90 Å². The predicted octanol–water partition coefficient (Wildman–Crippen LogP) is 0.823. The van der Waals surface area contributed by atoms with E-state index in [1.165, 1.54) is 7.11 Å². The van der Waals surface area contributed by atoms with Crippen LogP contribution in [0.2, 0.25) is 0 Å². The Morgan fingerprint density at radius 1 is 1.47 bits per heavy atom. The minimum absolute atomic E-state index is 0.115. The van der Waals surface area contributed by atoms with Gasteiger partial charge in [-0.25, -0.2) is 0 Å². The molecule has 2 atom stereocenters. The van der Waals surface area contributed by atoms with Crippen LogP contribution in [0, 0.1) is 5.92 Å². The van der Waals surface area contributed by atoms with Gasteiger partial charge in [0.25, 0.3) is 0 Å². The third-order valence-electron chi connectivity index (χ3n) is 3.16. The van der Waals surface area contributed by atoms with Crippen LogP contribution in [0.3, 0.4) is 0 Å². The second-order valence-corrected chi connectivity index (χ2v) is 4.29. The highest BCUT2D eigenvalue weighted by atomic mass is 16.5. The molecule has 0 radical (unpaired) electrons. The fourth-order valence-electron chi connectivity index (χ4n) is 2.13. The van der Waals surface area contributed by atoms with Crippen LogP contribution in [0.4, 0.5) is 0 Å². The van der Waals surface area contributed by atoms with Crippen molar-refractivity contribution in [2.24, 2.45) is 5.92 Å². The molecule has 0 bridgehead atoms. The van der Waals surface area contributed by atoms with Gasteiger partial charge in [-0.3, -0.25) is 14.5 Å². The van der Waals surface area contributed by atoms with Gasteiger partial charge in [0.05, 0.1) is 19.6 Å². The third kappa shape index (κ3) is 3.70. The number of ether oxygens (including phenoxy) is 2. The normalized spacial score (nSPS) is 22.9. The molecular formula is C12H21NO4. The zero-order chi connectivity index (χ0) is 12.8. The molecule has 1 fully saturated rings. The summed E-state index contributed by atoms with van der Waals surface area (Å²) in [7, 11) is 1.38. The Bertz CT molecular complexity index is 280. The summed E-state index contributed by atoms with van der Waals surface area (Å²) in [6.07, 6.45) is 1.74. The summed E-state index contributed by atoms with van der Waals surface area (Å²) in [5.41, 5.74) is 0. The number of piperidine rings is 1. The van der Waals surface area contributed by atoms with Crippen molar-refractivity contribution in [3.8, 4) is 0 Å². The lowest BCUT2D eigenvalue weighted by atomic mass is 9.97. The Morgan fingerprint density at radius 3 is 2.76 bits per heavy atom. The van der Waals surface area contributed by atoms with E-state index in [0.717, 1.165) is 19.4 Å². The molecule has 1 saturated heterocycles. The van der Waals surface area contributed by atoms with Crippen LogP contribution in [-0.2, 0) is 19.1 Å². The first-order valence-corrected chi connectivity index (χ1v) is 6.08. The van der Waals surface area contributed by atoms with Crippen LogP contribution in [0.1, 0.15) is 26.7 Å². The molecule has 1 aliphatic rings. The lowest BCUT2D eigenvalue weighted by Gasteiger charge is -2.34. The molecule has 0 amide bonds. The van der Waals surface area contributed by atoms with E-state index in [4.69, 9.17) is 9.47 Å². The largest absolute Gasteiger partial charge is 0.468 e. The van der Waals surface area contributed by atoms with Crippen LogP contribution >= 0.6 is 0 Å². The minimum Gasteiger partial charge on any atom is -0.468 e. The van der Waals surface area contributed by atoms with Gasteiger partial charge < -0.3 is 9.47 Å². The number of hydrogen-bond acceptors (Lipinski definition) is 5. The zero-order valence-corrected chi connectivity index (χ0v) is 10.8. The summed E-state index contributed by atoms with van der Waals surface area (Å²) in [5, 5.41) is 0. The maximum absolute atomic E-state index is 11.6. The number of hydrogen-bond donors (Lipinski definition) is 0. The minimum atomic E-state index is -0.294. The summed E-state index contributed by atoms with van der Waals surface area (Å²) in [6.45, 7) is 5.41. The van der Waals surface area contributed by atoms with Crippen LogP contribution < -0.4 is 0 Å². The molecule has 0 aromatic heterocycles. The number of esters is 2. The number of carbonyl (C=O) groups is 2. The topological polar surface area (TPSA) is 55.8 Å². The molecule has 5 nitrogen and oxygen atoms in total. The number of carbonyl (C=O) groups excluding carboxylic acids is 2. The van der Waals surface area contributed by atoms with E-state index >= 15 is 0 Å². The van der Waals surface area contributed by atoms with Crippen molar-refractivity contribution in [3.63, 3.8) is 0 Å². The Balaban J connectivity index is 2.54. The smallest absolute Gasteiger partial charge is 0.322 e. The first kappa shape index (κ1) is 14.0. The van der Waals surface area contributed by atoms with E-state index < -0.39 is 0 Å². The molecule has 5 heteroatoms. The second-order valence-electron chi connectivity index (χ2n) is 4.29. The molecule has 98 valence electrons. The monoisotopic (exact) mass is 243 g/mol. The predicted molar refractivity (Wildman–Crippen MR) is 62.4 cm³/mol. The van der Waals surface area contributed by atoms with Crippen molar-refractivity contribution in [2.45, 2.75) is 32.7 Å². The summed E-state index contributed by atoms with van der Waals surface area (Å²) < 4.78 is 9.73. The van der Waals surface area contributed by atoms with Gasteiger partial charge in [-0.1, -0.05) is 0 Å². The molecule has 0 N–H and O–H groups in total. The van der Waals surface area contributed by atoms with Gasteiger partial charge in [0, 0.05) is 6.54 Å². The number of likely N-dealkylation sites (tertiary alicyclic amines) is 1. The molecule has 0 saturated carbocycles. The molecule has 17 heavy (non-hydrogen) atoms. The average molecular weight is 243 g/mol. The van der Waals surface area contributed by atoms with Gasteiger partial charge in [-0.2, -0.15) is 0 Å². The first-order chi connectivity index (χ1) is 8.10. The maximum Gasteiger partial charge on any atom is 0.322 e. The summed E-state index contributed by atoms with van der Waals surface area (Å²) in [6, 6.07) is -0.294. The molecule has 0 unspecified atom stereocenters. The van der Waals surface area contributed by atoms with Crippen LogP contribution in [0.25, 0.3) is 0 Å². The van der Waals surface area contributed by atoms with Gasteiger partial charge in [0.2, 0.25) is 0 Å². The van der Waals surface area contributed by atoms with Gasteiger partial charge in [-0.15, -0.1) is 0 Å². The third-order valence-corrected chi connectivity index (χ3v) is 3.16. The fraction of sp³-hybridized carbons (Fsp3) is 0.833. The molecule has 1 aliphatic heterocycles. The SMILES string of the molecule is CCOC(=O)[C@H]1CCCN([C@@H](C)C(=O)OC)C1. The first-order valence-electron chi connectivity index (χ1n) is 6.08. The lowest BCUT2D eigenvalue weighted by Crippen LogP contribution is -2.47. The number of nitrogens with zero attached hydrogens (tertiary/aromatic N) is 1. The van der Waals surface area contributed by atoms with Gasteiger partial charge >= 0.3 is 11.9 Å². The molecule has 1 rings (SSSR count). The van der Waals surface area contributed by atoms with E-state index in [-0.39, 0.29) is 23.9 Å². The summed E-state index contributed by atoms with van der Waals surface area (Å²) in [4.78, 5) is 25.1. The maximum atomic E-state index is 11.6. The molecule has 0 aliphatic carbocycles. The average Bonchev–Trinajstić information content (AvgIpc) is 2.37. The van der Waals surface area contributed by atoms with Crippen molar-refractivity contribution < 1.29 is 19.1 Å². The van der Waals surface area contributed by atoms with E-state index in [0.29, 0.717) is 13.2 Å². The molecular weight excluding hydrogens is 222 g/mol. The highest BCUT2D eigenvalue weighted by molar-refractivity contribution is 5.76. The fourth-order valence-corrected chi connectivity index (χ4v) is 2.13. The standard InChI is InChI=1S/C12H21NO4/c1-4-17-12(15)10-6-5-7-13(8-10)9(2)11(14)16-3/h9-10H,4-8H2,1-3H3/t9-,10-/m0/s1. The lowest BCUT2D eigenvalue weighted by molar-refractivity contribution is -0.154. The van der Waals surface area contributed by atoms with Crippen molar-refractivity contribution in [3.05, 3.63) is 0 Å². The van der Waals surface area contributed by atoms with Gasteiger partial charge in [-0.05, 0) is 33.2 Å². The van der Waals surface area contributed by atoms with Crippen LogP contribution in [0.5, 0.6) is 0 Å². The molecule has 0 spiro atoms. The highest BCUT2D eigenvalue weighted by Gasteiger charge is 2.31. The Labute approximate surface area is 102 Å². The Kier molecular flexibility index (Phi) is 5.41. The van der Waals surface area contributed by atoms with Crippen LogP contribution in [-0.4, -0.2) is 49.7 Å². The highest BCUT2D eigenvalue weighted by Crippen LogP contribution is 2.20. The summed E-state index contributed by atoms with van der Waals surface area (Å²) >= 11 is 0. The second kappa shape index (κ2) is 6.59. The number of methoxy groups -OCH3 is 1. The van der Waals surface area contributed by atoms with Crippen molar-refractivity contribution in [1.82, 2.24) is 4.90 Å². The Hall–Kier alpha value is -1.10. The Morgan fingerprint density at radius 2 is 2.18 bits per heavy atom. The van der Waals surface area contributed by atoms with E-state index in [2.05, 4.69) is 0 Å².